The van der Waals surface area contributed by atoms with Crippen LogP contribution in [0.2, 0.25) is 0 Å². The molecule has 1 unspecified atom stereocenters. The Labute approximate surface area is 108 Å². The maximum absolute atomic E-state index is 4.52. The predicted molar refractivity (Wildman–Crippen MR) is 73.6 cm³/mol. The lowest BCUT2D eigenvalue weighted by molar-refractivity contribution is 0.167. The van der Waals surface area contributed by atoms with E-state index in [4.69, 9.17) is 0 Å². The Morgan fingerprint density at radius 1 is 1.47 bits per heavy atom. The number of nitrogens with one attached hydrogen (secondary N) is 1. The first kappa shape index (κ1) is 13.0. The van der Waals surface area contributed by atoms with Gasteiger partial charge in [0.25, 0.3) is 0 Å². The van der Waals surface area contributed by atoms with Crippen LogP contribution in [0.25, 0.3) is 0 Å². The van der Waals surface area contributed by atoms with Gasteiger partial charge in [0.2, 0.25) is 0 Å². The molecule has 1 aliphatic rings. The minimum absolute atomic E-state index is 0.704. The maximum Gasteiger partial charge on any atom is 0.0900 e. The zero-order valence-electron chi connectivity index (χ0n) is 11.1. The highest BCUT2D eigenvalue weighted by Gasteiger charge is 2.20. The first-order valence-corrected chi connectivity index (χ1v) is 7.40. The van der Waals surface area contributed by atoms with Crippen molar-refractivity contribution >= 4 is 11.3 Å². The third kappa shape index (κ3) is 3.27. The lowest BCUT2D eigenvalue weighted by Crippen LogP contribution is -2.45. The number of hydrogen-bond donors (Lipinski definition) is 1. The van der Waals surface area contributed by atoms with Crippen LogP contribution >= 0.6 is 11.3 Å². The highest BCUT2D eigenvalue weighted by atomic mass is 32.1. The van der Waals surface area contributed by atoms with Gasteiger partial charge in [-0.25, -0.2) is 4.98 Å². The summed E-state index contributed by atoms with van der Waals surface area (Å²) in [7, 11) is 0. The largest absolute Gasteiger partial charge is 0.315 e. The second-order valence-electron chi connectivity index (χ2n) is 4.80. The number of rotatable bonds is 4. The summed E-state index contributed by atoms with van der Waals surface area (Å²) >= 11 is 1.85. The fourth-order valence-corrected chi connectivity index (χ4v) is 3.51. The van der Waals surface area contributed by atoms with Crippen molar-refractivity contribution < 1.29 is 0 Å². The van der Waals surface area contributed by atoms with E-state index in [1.807, 2.05) is 11.3 Å². The summed E-state index contributed by atoms with van der Waals surface area (Å²) in [5, 5.41) is 4.69. The molecule has 1 aromatic heterocycles. The number of aromatic nitrogens is 1. The maximum atomic E-state index is 4.52. The van der Waals surface area contributed by atoms with E-state index in [1.54, 1.807) is 0 Å². The Kier molecular flexibility index (Phi) is 4.54. The van der Waals surface area contributed by atoms with Crippen molar-refractivity contribution in [3.05, 3.63) is 15.6 Å². The van der Waals surface area contributed by atoms with Crippen LogP contribution in [0.1, 0.15) is 35.3 Å². The molecular formula is C13H23N3S. The summed E-state index contributed by atoms with van der Waals surface area (Å²) in [6.45, 7) is 11.0. The lowest BCUT2D eigenvalue weighted by atomic mass is 10.1. The van der Waals surface area contributed by atoms with Crippen LogP contribution in [0.5, 0.6) is 0 Å². The number of likely N-dealkylation sites (N-methyl/N-ethyl adjacent to an activating group) is 1. The lowest BCUT2D eigenvalue weighted by Gasteiger charge is -2.33. The van der Waals surface area contributed by atoms with Crippen LogP contribution in [-0.4, -0.2) is 35.6 Å². The molecule has 2 heterocycles. The van der Waals surface area contributed by atoms with Crippen molar-refractivity contribution in [1.29, 1.82) is 0 Å². The summed E-state index contributed by atoms with van der Waals surface area (Å²) in [5.74, 6) is 0. The van der Waals surface area contributed by atoms with Crippen molar-refractivity contribution in [2.24, 2.45) is 0 Å². The van der Waals surface area contributed by atoms with E-state index in [2.05, 4.69) is 36.0 Å². The third-order valence-corrected chi connectivity index (χ3v) is 4.60. The van der Waals surface area contributed by atoms with Crippen LogP contribution in [0.3, 0.4) is 0 Å². The molecule has 0 saturated carbocycles. The zero-order valence-corrected chi connectivity index (χ0v) is 11.9. The van der Waals surface area contributed by atoms with Gasteiger partial charge in [0.05, 0.1) is 10.7 Å². The van der Waals surface area contributed by atoms with Gasteiger partial charge >= 0.3 is 0 Å². The highest BCUT2D eigenvalue weighted by molar-refractivity contribution is 7.11. The van der Waals surface area contributed by atoms with Gasteiger partial charge in [0.15, 0.2) is 0 Å². The van der Waals surface area contributed by atoms with Gasteiger partial charge in [-0.15, -0.1) is 11.3 Å². The minimum atomic E-state index is 0.704. The molecule has 1 saturated heterocycles. The molecule has 0 amide bonds. The normalized spacial score (nSPS) is 21.1. The molecule has 1 atom stereocenters. The van der Waals surface area contributed by atoms with Crippen molar-refractivity contribution in [1.82, 2.24) is 15.2 Å². The Morgan fingerprint density at radius 2 is 2.29 bits per heavy atom. The number of hydrogen-bond acceptors (Lipinski definition) is 4. The van der Waals surface area contributed by atoms with E-state index < -0.39 is 0 Å². The van der Waals surface area contributed by atoms with E-state index in [0.29, 0.717) is 6.04 Å². The Morgan fingerprint density at radius 3 is 2.82 bits per heavy atom. The average molecular weight is 253 g/mol. The number of thiazole rings is 1. The Balaban J connectivity index is 2.01. The number of nitrogens with zero attached hydrogens (tertiary/aromatic N) is 2. The molecule has 0 aromatic carbocycles. The monoisotopic (exact) mass is 253 g/mol. The van der Waals surface area contributed by atoms with Crippen LogP contribution in [-0.2, 0) is 6.54 Å². The van der Waals surface area contributed by atoms with E-state index in [0.717, 1.165) is 19.6 Å². The van der Waals surface area contributed by atoms with Crippen molar-refractivity contribution in [2.75, 3.05) is 19.6 Å². The van der Waals surface area contributed by atoms with Gasteiger partial charge in [-0.2, -0.15) is 0 Å². The molecule has 3 nitrogen and oxygen atoms in total. The molecule has 2 rings (SSSR count). The fraction of sp³-hybridized carbons (Fsp3) is 0.769. The van der Waals surface area contributed by atoms with Crippen LogP contribution in [0, 0.1) is 13.8 Å². The molecular weight excluding hydrogens is 230 g/mol. The molecule has 17 heavy (non-hydrogen) atoms. The van der Waals surface area contributed by atoms with E-state index in [-0.39, 0.29) is 0 Å². The SMILES string of the molecule is CCN(Cc1sc(C)nc1C)C1CCCNC1. The average Bonchev–Trinajstić information content (AvgIpc) is 2.66. The molecule has 1 fully saturated rings. The first-order valence-electron chi connectivity index (χ1n) is 6.58. The van der Waals surface area contributed by atoms with Gasteiger partial charge in [-0.1, -0.05) is 6.92 Å². The van der Waals surface area contributed by atoms with Gasteiger partial charge in [-0.05, 0) is 39.8 Å². The van der Waals surface area contributed by atoms with Gasteiger partial charge in [-0.3, -0.25) is 4.90 Å². The molecule has 0 bridgehead atoms. The molecule has 1 N–H and O–H groups in total. The molecule has 0 radical (unpaired) electrons. The van der Waals surface area contributed by atoms with Gasteiger partial charge in [0, 0.05) is 24.0 Å². The van der Waals surface area contributed by atoms with Crippen molar-refractivity contribution in [2.45, 2.75) is 46.2 Å². The topological polar surface area (TPSA) is 28.2 Å². The Hall–Kier alpha value is -0.450. The number of aryl methyl sites for hydroxylation is 2. The van der Waals surface area contributed by atoms with E-state index >= 15 is 0 Å². The molecule has 0 aliphatic carbocycles. The van der Waals surface area contributed by atoms with Crippen LogP contribution in [0.15, 0.2) is 0 Å². The molecule has 1 aromatic rings. The first-order chi connectivity index (χ1) is 8.20. The summed E-state index contributed by atoms with van der Waals surface area (Å²) < 4.78 is 0. The summed E-state index contributed by atoms with van der Waals surface area (Å²) in [5.41, 5.74) is 1.22. The van der Waals surface area contributed by atoms with Crippen LogP contribution < -0.4 is 5.32 Å². The zero-order chi connectivity index (χ0) is 12.3. The summed E-state index contributed by atoms with van der Waals surface area (Å²) in [4.78, 5) is 8.55. The summed E-state index contributed by atoms with van der Waals surface area (Å²) in [6, 6.07) is 0.704. The standard InChI is InChI=1S/C13H23N3S/c1-4-16(12-6-5-7-14-8-12)9-13-10(2)15-11(3)17-13/h12,14H,4-9H2,1-3H3. The van der Waals surface area contributed by atoms with Gasteiger partial charge in [0.1, 0.15) is 0 Å². The minimum Gasteiger partial charge on any atom is -0.315 e. The van der Waals surface area contributed by atoms with Crippen molar-refractivity contribution in [3.63, 3.8) is 0 Å². The predicted octanol–water partition coefficient (Wildman–Crippen LogP) is 2.33. The molecule has 1 aliphatic heterocycles. The highest BCUT2D eigenvalue weighted by Crippen LogP contribution is 2.21. The second-order valence-corrected chi connectivity index (χ2v) is 6.09. The quantitative estimate of drug-likeness (QED) is 0.892. The fourth-order valence-electron chi connectivity index (χ4n) is 2.55. The Bertz CT molecular complexity index is 356. The molecule has 96 valence electrons. The summed E-state index contributed by atoms with van der Waals surface area (Å²) in [6.07, 6.45) is 2.64. The van der Waals surface area contributed by atoms with E-state index in [9.17, 15) is 0 Å². The number of piperidine rings is 1. The smallest absolute Gasteiger partial charge is 0.0900 e. The van der Waals surface area contributed by atoms with E-state index in [1.165, 1.54) is 35.0 Å². The van der Waals surface area contributed by atoms with Crippen molar-refractivity contribution in [3.8, 4) is 0 Å². The van der Waals surface area contributed by atoms with Gasteiger partial charge < -0.3 is 5.32 Å². The third-order valence-electron chi connectivity index (χ3n) is 3.54. The second kappa shape index (κ2) is 5.94. The molecule has 4 heteroatoms. The van der Waals surface area contributed by atoms with Crippen LogP contribution in [0.4, 0.5) is 0 Å². The molecule has 0 spiro atoms.